The lowest BCUT2D eigenvalue weighted by atomic mass is 9.97. The monoisotopic (exact) mass is 542 g/mol. The van der Waals surface area contributed by atoms with E-state index in [-0.39, 0.29) is 24.2 Å². The van der Waals surface area contributed by atoms with E-state index in [2.05, 4.69) is 15.6 Å². The number of hydrogen-bond acceptors (Lipinski definition) is 7. The molecule has 1 fully saturated rings. The van der Waals surface area contributed by atoms with Gasteiger partial charge in [0.15, 0.2) is 5.01 Å². The fourth-order valence-electron chi connectivity index (χ4n) is 4.27. The molecule has 0 aliphatic carbocycles. The molecule has 10 heteroatoms. The Balaban J connectivity index is 1.30. The van der Waals surface area contributed by atoms with Crippen LogP contribution in [-0.2, 0) is 16.1 Å². The number of piperidine rings is 1. The van der Waals surface area contributed by atoms with Crippen LogP contribution in [0, 0.1) is 5.92 Å². The standard InChI is InChI=1S/C27H31ClN4O4S/c28-32-16-8-11-20(17-32)25(34)30-22(24(33)26-31-21-12-4-5-14-23(21)37-26)13-6-7-15-29-27(35)36-18-19-9-2-1-3-10-19/h1-5,9-10,12,14,20,22H,6-8,11,13,15-18H2,(H,29,35)(H,30,34)/t20-,22+/m1/s1. The van der Waals surface area contributed by atoms with E-state index >= 15 is 0 Å². The van der Waals surface area contributed by atoms with Gasteiger partial charge in [-0.15, -0.1) is 11.3 Å². The summed E-state index contributed by atoms with van der Waals surface area (Å²) in [6, 6.07) is 16.4. The smallest absolute Gasteiger partial charge is 0.407 e. The highest BCUT2D eigenvalue weighted by Crippen LogP contribution is 2.24. The molecule has 196 valence electrons. The fourth-order valence-corrected chi connectivity index (χ4v) is 5.51. The maximum absolute atomic E-state index is 13.4. The third-order valence-electron chi connectivity index (χ3n) is 6.28. The fraction of sp³-hybridized carbons (Fsp3) is 0.407. The summed E-state index contributed by atoms with van der Waals surface area (Å²) in [5.41, 5.74) is 1.68. The van der Waals surface area contributed by atoms with E-state index in [9.17, 15) is 14.4 Å². The number of rotatable bonds is 11. The van der Waals surface area contributed by atoms with Crippen LogP contribution < -0.4 is 10.6 Å². The number of unbranched alkanes of at least 4 members (excludes halogenated alkanes) is 1. The van der Waals surface area contributed by atoms with Crippen molar-refractivity contribution >= 4 is 51.1 Å². The van der Waals surface area contributed by atoms with Gasteiger partial charge >= 0.3 is 6.09 Å². The summed E-state index contributed by atoms with van der Waals surface area (Å²) in [4.78, 5) is 42.9. The van der Waals surface area contributed by atoms with Crippen LogP contribution in [0.25, 0.3) is 10.2 Å². The molecule has 0 bridgehead atoms. The number of thiazole rings is 1. The molecule has 1 aliphatic rings. The van der Waals surface area contributed by atoms with Gasteiger partial charge in [0, 0.05) is 19.6 Å². The predicted molar refractivity (Wildman–Crippen MR) is 145 cm³/mol. The molecule has 2 aromatic carbocycles. The van der Waals surface area contributed by atoms with E-state index in [1.165, 1.54) is 11.3 Å². The number of carbonyl (C=O) groups excluding carboxylic acids is 3. The number of aromatic nitrogens is 1. The Hall–Kier alpha value is -3.01. The zero-order valence-electron chi connectivity index (χ0n) is 20.5. The molecule has 8 nitrogen and oxygen atoms in total. The number of alkyl carbamates (subject to hydrolysis) is 1. The highest BCUT2D eigenvalue weighted by Gasteiger charge is 2.30. The number of ketones is 1. The number of ether oxygens (including phenoxy) is 1. The molecule has 2 atom stereocenters. The number of hydrogen-bond donors (Lipinski definition) is 2. The summed E-state index contributed by atoms with van der Waals surface area (Å²) in [5.74, 6) is -0.603. The van der Waals surface area contributed by atoms with Crippen molar-refractivity contribution in [2.75, 3.05) is 19.6 Å². The third kappa shape index (κ3) is 7.99. The number of Topliss-reactive ketones (excluding diaryl/α,β-unsaturated/α-hetero) is 1. The van der Waals surface area contributed by atoms with Crippen LogP contribution in [0.15, 0.2) is 54.6 Å². The molecule has 2 amide bonds. The number of carbonyl (C=O) groups is 3. The van der Waals surface area contributed by atoms with Crippen LogP contribution in [0.1, 0.15) is 47.5 Å². The second kappa shape index (κ2) is 13.5. The zero-order chi connectivity index (χ0) is 26.0. The lowest BCUT2D eigenvalue weighted by Crippen LogP contribution is -2.47. The summed E-state index contributed by atoms with van der Waals surface area (Å²) >= 11 is 7.46. The number of fused-ring (bicyclic) bond motifs is 1. The van der Waals surface area contributed by atoms with Crippen molar-refractivity contribution in [1.29, 1.82) is 0 Å². The second-order valence-corrected chi connectivity index (χ2v) is 10.6. The number of para-hydroxylation sites is 1. The summed E-state index contributed by atoms with van der Waals surface area (Å²) < 4.78 is 7.78. The Morgan fingerprint density at radius 2 is 1.89 bits per heavy atom. The van der Waals surface area contributed by atoms with Gasteiger partial charge in [0.25, 0.3) is 0 Å². The number of nitrogens with one attached hydrogen (secondary N) is 2. The number of amides is 2. The highest BCUT2D eigenvalue weighted by molar-refractivity contribution is 7.20. The Morgan fingerprint density at radius 1 is 1.11 bits per heavy atom. The molecule has 1 saturated heterocycles. The first-order valence-corrected chi connectivity index (χ1v) is 13.7. The molecule has 0 spiro atoms. The Morgan fingerprint density at radius 3 is 2.68 bits per heavy atom. The van der Waals surface area contributed by atoms with Crippen molar-refractivity contribution in [3.8, 4) is 0 Å². The van der Waals surface area contributed by atoms with Gasteiger partial charge in [-0.05, 0) is 61.6 Å². The predicted octanol–water partition coefficient (Wildman–Crippen LogP) is 4.93. The van der Waals surface area contributed by atoms with Gasteiger partial charge in [-0.3, -0.25) is 9.59 Å². The summed E-state index contributed by atoms with van der Waals surface area (Å²) in [6.07, 6.45) is 2.81. The van der Waals surface area contributed by atoms with Crippen molar-refractivity contribution < 1.29 is 19.1 Å². The average Bonchev–Trinajstić information content (AvgIpc) is 3.35. The van der Waals surface area contributed by atoms with Crippen molar-refractivity contribution in [2.45, 2.75) is 44.8 Å². The van der Waals surface area contributed by atoms with Crippen LogP contribution in [0.5, 0.6) is 0 Å². The molecule has 1 aromatic heterocycles. The number of nitrogens with zero attached hydrogens (tertiary/aromatic N) is 2. The molecule has 2 N–H and O–H groups in total. The molecule has 4 rings (SSSR count). The van der Waals surface area contributed by atoms with Crippen LogP contribution in [0.4, 0.5) is 4.79 Å². The molecule has 3 aromatic rings. The van der Waals surface area contributed by atoms with Gasteiger partial charge < -0.3 is 15.4 Å². The van der Waals surface area contributed by atoms with Crippen molar-refractivity contribution in [1.82, 2.24) is 20.0 Å². The molecule has 0 radical (unpaired) electrons. The first kappa shape index (κ1) is 27.0. The second-order valence-electron chi connectivity index (χ2n) is 9.10. The normalized spacial score (nSPS) is 16.7. The van der Waals surface area contributed by atoms with Gasteiger partial charge in [0.2, 0.25) is 11.7 Å². The minimum Gasteiger partial charge on any atom is -0.445 e. The van der Waals surface area contributed by atoms with Crippen molar-refractivity contribution in [2.24, 2.45) is 5.92 Å². The minimum absolute atomic E-state index is 0.160. The van der Waals surface area contributed by atoms with Gasteiger partial charge in [-0.1, -0.05) is 42.5 Å². The first-order valence-electron chi connectivity index (χ1n) is 12.5. The molecular formula is C27H31ClN4O4S. The number of halogens is 1. The van der Waals surface area contributed by atoms with Crippen LogP contribution >= 0.6 is 23.1 Å². The van der Waals surface area contributed by atoms with Crippen molar-refractivity contribution in [3.05, 3.63) is 65.2 Å². The lowest BCUT2D eigenvalue weighted by Gasteiger charge is -2.28. The topological polar surface area (TPSA) is 101 Å². The zero-order valence-corrected chi connectivity index (χ0v) is 22.1. The largest absolute Gasteiger partial charge is 0.445 e. The molecule has 37 heavy (non-hydrogen) atoms. The van der Waals surface area contributed by atoms with Crippen molar-refractivity contribution in [3.63, 3.8) is 0 Å². The van der Waals surface area contributed by atoms with E-state index in [0.717, 1.165) is 35.2 Å². The summed E-state index contributed by atoms with van der Waals surface area (Å²) in [7, 11) is 0. The van der Waals surface area contributed by atoms with E-state index < -0.39 is 12.1 Å². The van der Waals surface area contributed by atoms with Gasteiger partial charge in [0.1, 0.15) is 6.61 Å². The van der Waals surface area contributed by atoms with E-state index in [1.54, 1.807) is 4.42 Å². The third-order valence-corrected chi connectivity index (χ3v) is 7.64. The molecule has 1 aliphatic heterocycles. The summed E-state index contributed by atoms with van der Waals surface area (Å²) in [5, 5.41) is 6.09. The molecule has 0 unspecified atom stereocenters. The minimum atomic E-state index is -0.691. The summed E-state index contributed by atoms with van der Waals surface area (Å²) in [6.45, 7) is 1.83. The molecular weight excluding hydrogens is 512 g/mol. The van der Waals surface area contributed by atoms with Gasteiger partial charge in [-0.2, -0.15) is 0 Å². The maximum Gasteiger partial charge on any atom is 0.407 e. The lowest BCUT2D eigenvalue weighted by molar-refractivity contribution is -0.126. The Bertz CT molecular complexity index is 1170. The number of benzene rings is 2. The van der Waals surface area contributed by atoms with Crippen LogP contribution in [-0.4, -0.2) is 52.9 Å². The average molecular weight is 543 g/mol. The highest BCUT2D eigenvalue weighted by atomic mass is 35.5. The SMILES string of the molecule is O=C(NCCCC[C@H](NC(=O)[C@@H]1CCCN(Cl)C1)C(=O)c1nc2ccccc2s1)OCc1ccccc1. The van der Waals surface area contributed by atoms with Gasteiger partial charge in [0.05, 0.1) is 22.2 Å². The molecule has 2 heterocycles. The van der Waals surface area contributed by atoms with E-state index in [1.807, 2.05) is 54.6 Å². The first-order chi connectivity index (χ1) is 18.0. The Kier molecular flexibility index (Phi) is 9.87. The molecule has 0 saturated carbocycles. The van der Waals surface area contributed by atoms with E-state index in [4.69, 9.17) is 16.5 Å². The van der Waals surface area contributed by atoms with Crippen LogP contribution in [0.2, 0.25) is 0 Å². The quantitative estimate of drug-likeness (QED) is 0.202. The Labute approximate surface area is 225 Å². The maximum atomic E-state index is 13.4. The van der Waals surface area contributed by atoms with E-state index in [0.29, 0.717) is 37.4 Å². The van der Waals surface area contributed by atoms with Gasteiger partial charge in [-0.25, -0.2) is 14.2 Å². The van der Waals surface area contributed by atoms with Crippen LogP contribution in [0.3, 0.4) is 0 Å².